The van der Waals surface area contributed by atoms with E-state index in [1.165, 1.54) is 6.42 Å². The van der Waals surface area contributed by atoms with Crippen LogP contribution in [0.2, 0.25) is 5.15 Å². The van der Waals surface area contributed by atoms with Crippen LogP contribution < -0.4 is 4.74 Å². The van der Waals surface area contributed by atoms with Crippen LogP contribution in [0.25, 0.3) is 0 Å². The van der Waals surface area contributed by atoms with Crippen molar-refractivity contribution in [2.24, 2.45) is 5.92 Å². The molecule has 0 N–H and O–H groups in total. The Balaban J connectivity index is 2.00. The van der Waals surface area contributed by atoms with Crippen molar-refractivity contribution in [3.8, 4) is 5.75 Å². The normalized spacial score (nSPS) is 21.6. The van der Waals surface area contributed by atoms with E-state index >= 15 is 0 Å². The predicted molar refractivity (Wildman–Crippen MR) is 57.3 cm³/mol. The number of halogens is 1. The molecule has 4 nitrogen and oxygen atoms in total. The molecule has 1 atom stereocenters. The zero-order valence-corrected chi connectivity index (χ0v) is 9.54. The highest BCUT2D eigenvalue weighted by Gasteiger charge is 2.17. The number of ether oxygens (including phenoxy) is 2. The summed E-state index contributed by atoms with van der Waals surface area (Å²) in [7, 11) is 1.59. The molecule has 1 aromatic rings. The summed E-state index contributed by atoms with van der Waals surface area (Å²) in [6.07, 6.45) is 3.95. The molecule has 1 aliphatic rings. The van der Waals surface area contributed by atoms with E-state index in [-0.39, 0.29) is 0 Å². The highest BCUT2D eigenvalue weighted by atomic mass is 35.5. The molecule has 1 aliphatic heterocycles. The standard InChI is InChI=1S/C10H15ClN2O2/c1-14-9-5-12-13(10(9)11)6-8-3-2-4-15-7-8/h5,8H,2-4,6-7H2,1H3. The molecule has 2 heterocycles. The highest BCUT2D eigenvalue weighted by molar-refractivity contribution is 6.31. The number of hydrogen-bond acceptors (Lipinski definition) is 3. The van der Waals surface area contributed by atoms with Gasteiger partial charge in [-0.2, -0.15) is 5.10 Å². The third kappa shape index (κ3) is 2.44. The van der Waals surface area contributed by atoms with E-state index in [1.54, 1.807) is 18.0 Å². The van der Waals surface area contributed by atoms with E-state index < -0.39 is 0 Å². The number of aromatic nitrogens is 2. The zero-order chi connectivity index (χ0) is 10.7. The Kier molecular flexibility index (Phi) is 3.49. The minimum atomic E-state index is 0.515. The van der Waals surface area contributed by atoms with Gasteiger partial charge in [0.1, 0.15) is 0 Å². The van der Waals surface area contributed by atoms with Crippen LogP contribution in [0, 0.1) is 5.92 Å². The minimum Gasteiger partial charge on any atom is -0.492 e. The fourth-order valence-electron chi connectivity index (χ4n) is 1.81. The van der Waals surface area contributed by atoms with Gasteiger partial charge in [0, 0.05) is 19.1 Å². The molecule has 5 heteroatoms. The van der Waals surface area contributed by atoms with Crippen LogP contribution >= 0.6 is 11.6 Å². The molecule has 1 fully saturated rings. The van der Waals surface area contributed by atoms with Gasteiger partial charge in [-0.25, -0.2) is 0 Å². The van der Waals surface area contributed by atoms with Gasteiger partial charge in [0.05, 0.1) is 19.9 Å². The molecule has 0 saturated carbocycles. The number of nitrogens with zero attached hydrogens (tertiary/aromatic N) is 2. The van der Waals surface area contributed by atoms with Gasteiger partial charge in [0.2, 0.25) is 0 Å². The first-order chi connectivity index (χ1) is 7.31. The first-order valence-corrected chi connectivity index (χ1v) is 5.52. The van der Waals surface area contributed by atoms with E-state index in [0.29, 0.717) is 16.8 Å². The molecule has 15 heavy (non-hydrogen) atoms. The Hall–Kier alpha value is -0.740. The summed E-state index contributed by atoms with van der Waals surface area (Å²) >= 11 is 6.08. The van der Waals surface area contributed by atoms with Gasteiger partial charge in [-0.05, 0) is 12.8 Å². The SMILES string of the molecule is COc1cnn(CC2CCCOC2)c1Cl. The molecule has 1 saturated heterocycles. The maximum atomic E-state index is 6.08. The van der Waals surface area contributed by atoms with Gasteiger partial charge in [0.15, 0.2) is 10.9 Å². The molecule has 84 valence electrons. The van der Waals surface area contributed by atoms with Gasteiger partial charge >= 0.3 is 0 Å². The molecule has 0 aliphatic carbocycles. The van der Waals surface area contributed by atoms with Gasteiger partial charge in [-0.1, -0.05) is 11.6 Å². The van der Waals surface area contributed by atoms with Crippen molar-refractivity contribution in [3.63, 3.8) is 0 Å². The molecular weight excluding hydrogens is 216 g/mol. The lowest BCUT2D eigenvalue weighted by atomic mass is 10.0. The fraction of sp³-hybridized carbons (Fsp3) is 0.700. The average Bonchev–Trinajstić information content (AvgIpc) is 2.62. The van der Waals surface area contributed by atoms with Gasteiger partial charge in [-0.3, -0.25) is 4.68 Å². The van der Waals surface area contributed by atoms with E-state index in [1.807, 2.05) is 0 Å². The van der Waals surface area contributed by atoms with Crippen LogP contribution in [-0.4, -0.2) is 30.1 Å². The molecule has 0 spiro atoms. The second-order valence-electron chi connectivity index (χ2n) is 3.77. The van der Waals surface area contributed by atoms with Crippen molar-refractivity contribution in [2.45, 2.75) is 19.4 Å². The van der Waals surface area contributed by atoms with Crippen LogP contribution in [0.1, 0.15) is 12.8 Å². The van der Waals surface area contributed by atoms with E-state index in [4.69, 9.17) is 21.1 Å². The average molecular weight is 231 g/mol. The Bertz CT molecular complexity index is 321. The Morgan fingerprint density at radius 1 is 1.73 bits per heavy atom. The van der Waals surface area contributed by atoms with Crippen molar-refractivity contribution in [1.29, 1.82) is 0 Å². The number of rotatable bonds is 3. The van der Waals surface area contributed by atoms with Crippen molar-refractivity contribution >= 4 is 11.6 Å². The summed E-state index contributed by atoms with van der Waals surface area (Å²) in [4.78, 5) is 0. The topological polar surface area (TPSA) is 36.3 Å². The molecule has 1 unspecified atom stereocenters. The van der Waals surface area contributed by atoms with Crippen molar-refractivity contribution in [2.75, 3.05) is 20.3 Å². The Morgan fingerprint density at radius 2 is 2.60 bits per heavy atom. The molecule has 1 aromatic heterocycles. The van der Waals surface area contributed by atoms with Crippen LogP contribution in [0.3, 0.4) is 0 Å². The summed E-state index contributed by atoms with van der Waals surface area (Å²) in [5.41, 5.74) is 0. The second kappa shape index (κ2) is 4.86. The summed E-state index contributed by atoms with van der Waals surface area (Å²) in [5, 5.41) is 4.76. The maximum Gasteiger partial charge on any atom is 0.175 e. The predicted octanol–water partition coefficient (Wildman–Crippen LogP) is 1.97. The van der Waals surface area contributed by atoms with Crippen LogP contribution in [0.4, 0.5) is 0 Å². The smallest absolute Gasteiger partial charge is 0.175 e. The first kappa shape index (κ1) is 10.8. The minimum absolute atomic E-state index is 0.515. The lowest BCUT2D eigenvalue weighted by molar-refractivity contribution is 0.0470. The zero-order valence-electron chi connectivity index (χ0n) is 8.78. The van der Waals surface area contributed by atoms with Crippen molar-refractivity contribution < 1.29 is 9.47 Å². The van der Waals surface area contributed by atoms with Crippen LogP contribution in [0.5, 0.6) is 5.75 Å². The summed E-state index contributed by atoms with van der Waals surface area (Å²) in [6.45, 7) is 2.49. The van der Waals surface area contributed by atoms with Gasteiger partial charge in [-0.15, -0.1) is 0 Å². The summed E-state index contributed by atoms with van der Waals surface area (Å²) in [5.74, 6) is 1.15. The quantitative estimate of drug-likeness (QED) is 0.797. The van der Waals surface area contributed by atoms with E-state index in [2.05, 4.69) is 5.10 Å². The largest absolute Gasteiger partial charge is 0.492 e. The number of hydrogen-bond donors (Lipinski definition) is 0. The van der Waals surface area contributed by atoms with Crippen molar-refractivity contribution in [3.05, 3.63) is 11.3 Å². The molecule has 0 bridgehead atoms. The lowest BCUT2D eigenvalue weighted by Gasteiger charge is -2.21. The molecule has 2 rings (SSSR count). The first-order valence-electron chi connectivity index (χ1n) is 5.14. The van der Waals surface area contributed by atoms with E-state index in [0.717, 1.165) is 26.2 Å². The van der Waals surface area contributed by atoms with Gasteiger partial charge < -0.3 is 9.47 Å². The van der Waals surface area contributed by atoms with Crippen LogP contribution in [-0.2, 0) is 11.3 Å². The highest BCUT2D eigenvalue weighted by Crippen LogP contribution is 2.25. The monoisotopic (exact) mass is 230 g/mol. The molecule has 0 radical (unpaired) electrons. The lowest BCUT2D eigenvalue weighted by Crippen LogP contribution is -2.22. The molecule has 0 aromatic carbocycles. The summed E-state index contributed by atoms with van der Waals surface area (Å²) in [6, 6.07) is 0. The van der Waals surface area contributed by atoms with E-state index in [9.17, 15) is 0 Å². The third-order valence-electron chi connectivity index (χ3n) is 2.65. The fourth-order valence-corrected chi connectivity index (χ4v) is 2.05. The third-order valence-corrected chi connectivity index (χ3v) is 3.03. The Labute approximate surface area is 94.1 Å². The molecule has 0 amide bonds. The Morgan fingerprint density at radius 3 is 3.20 bits per heavy atom. The maximum absolute atomic E-state index is 6.08. The molecular formula is C10H15ClN2O2. The second-order valence-corrected chi connectivity index (χ2v) is 4.13. The van der Waals surface area contributed by atoms with Crippen molar-refractivity contribution in [1.82, 2.24) is 9.78 Å². The van der Waals surface area contributed by atoms with Crippen LogP contribution in [0.15, 0.2) is 6.20 Å². The number of methoxy groups -OCH3 is 1. The van der Waals surface area contributed by atoms with Gasteiger partial charge in [0.25, 0.3) is 0 Å². The summed E-state index contributed by atoms with van der Waals surface area (Å²) < 4.78 is 12.3.